The van der Waals surface area contributed by atoms with E-state index in [1.807, 2.05) is 0 Å². The van der Waals surface area contributed by atoms with Crippen molar-refractivity contribution in [2.75, 3.05) is 0 Å². The average molecular weight is 335 g/mol. The number of hydrogen-bond donors (Lipinski definition) is 1. The van der Waals surface area contributed by atoms with Crippen molar-refractivity contribution >= 4 is 5.97 Å². The number of alkyl halides is 3. The Morgan fingerprint density at radius 2 is 2.00 bits per heavy atom. The Morgan fingerprint density at radius 1 is 1.25 bits per heavy atom. The fourth-order valence-electron chi connectivity index (χ4n) is 2.21. The van der Waals surface area contributed by atoms with Gasteiger partial charge in [-0.15, -0.1) is 0 Å². The molecule has 0 spiro atoms. The molecule has 0 radical (unpaired) electrons. The number of benzene rings is 1. The standard InChI is InChI=1S/C18H16F3NO2/c1-2-16(18(19,20)21)7-4-9-22-10-8-15(12-22)13-5-3-6-14(11-13)17(23)24/h2-8,10-12H,9H2,1H3,(H,23,24)/b7-4-,16-2+. The van der Waals surface area contributed by atoms with Gasteiger partial charge in [-0.1, -0.05) is 30.4 Å². The van der Waals surface area contributed by atoms with Crippen LogP contribution in [-0.4, -0.2) is 21.8 Å². The van der Waals surface area contributed by atoms with Crippen LogP contribution < -0.4 is 0 Å². The molecule has 0 saturated heterocycles. The van der Waals surface area contributed by atoms with Gasteiger partial charge in [-0.25, -0.2) is 4.79 Å². The van der Waals surface area contributed by atoms with E-state index in [1.54, 1.807) is 41.2 Å². The van der Waals surface area contributed by atoms with Gasteiger partial charge in [0, 0.05) is 18.9 Å². The summed E-state index contributed by atoms with van der Waals surface area (Å²) in [6.07, 6.45) is 2.63. The highest BCUT2D eigenvalue weighted by Gasteiger charge is 2.30. The van der Waals surface area contributed by atoms with Crippen LogP contribution in [0, 0.1) is 0 Å². The van der Waals surface area contributed by atoms with Gasteiger partial charge in [0.2, 0.25) is 0 Å². The minimum Gasteiger partial charge on any atom is -0.478 e. The highest BCUT2D eigenvalue weighted by molar-refractivity contribution is 5.89. The van der Waals surface area contributed by atoms with E-state index in [2.05, 4.69) is 0 Å². The summed E-state index contributed by atoms with van der Waals surface area (Å²) in [5.74, 6) is -1.01. The zero-order chi connectivity index (χ0) is 17.7. The van der Waals surface area contributed by atoms with Crippen LogP contribution in [0.2, 0.25) is 0 Å². The number of carboxylic acid groups (broad SMARTS) is 1. The molecular weight excluding hydrogens is 319 g/mol. The Morgan fingerprint density at radius 3 is 2.62 bits per heavy atom. The average Bonchev–Trinajstić information content (AvgIpc) is 2.99. The van der Waals surface area contributed by atoms with Gasteiger partial charge in [0.1, 0.15) is 0 Å². The number of carboxylic acids is 1. The van der Waals surface area contributed by atoms with Gasteiger partial charge in [-0.2, -0.15) is 13.2 Å². The number of hydrogen-bond acceptors (Lipinski definition) is 1. The lowest BCUT2D eigenvalue weighted by Gasteiger charge is -2.06. The summed E-state index contributed by atoms with van der Waals surface area (Å²) in [6, 6.07) is 8.27. The number of halogens is 3. The van der Waals surface area contributed by atoms with Crippen LogP contribution in [0.3, 0.4) is 0 Å². The van der Waals surface area contributed by atoms with Crippen molar-refractivity contribution in [3.05, 3.63) is 72.1 Å². The molecule has 0 amide bonds. The van der Waals surface area contributed by atoms with Crippen molar-refractivity contribution in [1.29, 1.82) is 0 Å². The van der Waals surface area contributed by atoms with Crippen molar-refractivity contribution in [1.82, 2.24) is 4.57 Å². The summed E-state index contributed by atoms with van der Waals surface area (Å²) in [7, 11) is 0. The van der Waals surface area contributed by atoms with Crippen molar-refractivity contribution < 1.29 is 23.1 Å². The number of carbonyl (C=O) groups is 1. The van der Waals surface area contributed by atoms with Gasteiger partial charge in [-0.3, -0.25) is 0 Å². The monoisotopic (exact) mass is 335 g/mol. The Hall–Kier alpha value is -2.76. The molecule has 0 atom stereocenters. The van der Waals surface area contributed by atoms with Crippen LogP contribution in [0.15, 0.2) is 66.5 Å². The third-order valence-corrected chi connectivity index (χ3v) is 3.45. The lowest BCUT2D eigenvalue weighted by Crippen LogP contribution is -2.09. The van der Waals surface area contributed by atoms with Crippen LogP contribution in [0.1, 0.15) is 17.3 Å². The van der Waals surface area contributed by atoms with Crippen LogP contribution in [0.4, 0.5) is 13.2 Å². The summed E-state index contributed by atoms with van der Waals surface area (Å²) in [4.78, 5) is 11.0. The first-order chi connectivity index (χ1) is 11.3. The lowest BCUT2D eigenvalue weighted by molar-refractivity contribution is -0.0883. The Balaban J connectivity index is 2.11. The number of nitrogens with zero attached hydrogens (tertiary/aromatic N) is 1. The fourth-order valence-corrected chi connectivity index (χ4v) is 2.21. The van der Waals surface area contributed by atoms with E-state index in [0.717, 1.165) is 23.3 Å². The highest BCUT2D eigenvalue weighted by atomic mass is 19.4. The Labute approximate surface area is 137 Å². The molecule has 0 fully saturated rings. The van der Waals surface area contributed by atoms with Gasteiger partial charge in [0.25, 0.3) is 0 Å². The Bertz CT molecular complexity index is 786. The van der Waals surface area contributed by atoms with E-state index >= 15 is 0 Å². The zero-order valence-electron chi connectivity index (χ0n) is 12.9. The van der Waals surface area contributed by atoms with E-state index in [-0.39, 0.29) is 12.1 Å². The maximum atomic E-state index is 12.6. The topological polar surface area (TPSA) is 42.2 Å². The predicted octanol–water partition coefficient (Wildman–Crippen LogP) is 4.92. The molecule has 0 unspecified atom stereocenters. The first-order valence-electron chi connectivity index (χ1n) is 7.21. The van der Waals surface area contributed by atoms with Crippen molar-refractivity contribution in [3.8, 4) is 11.1 Å². The molecule has 3 nitrogen and oxygen atoms in total. The molecule has 0 aliphatic carbocycles. The van der Waals surface area contributed by atoms with Crippen molar-refractivity contribution in [2.45, 2.75) is 19.6 Å². The molecule has 0 aliphatic rings. The van der Waals surface area contributed by atoms with Gasteiger partial charge < -0.3 is 9.67 Å². The lowest BCUT2D eigenvalue weighted by atomic mass is 10.1. The normalized spacial score (nSPS) is 12.8. The quantitative estimate of drug-likeness (QED) is 0.788. The molecule has 6 heteroatoms. The molecule has 24 heavy (non-hydrogen) atoms. The minimum atomic E-state index is -4.36. The molecule has 1 heterocycles. The summed E-state index contributed by atoms with van der Waals surface area (Å²) < 4.78 is 39.5. The van der Waals surface area contributed by atoms with E-state index in [4.69, 9.17) is 5.11 Å². The van der Waals surface area contributed by atoms with Crippen molar-refractivity contribution in [3.63, 3.8) is 0 Å². The number of rotatable bonds is 5. The number of aromatic nitrogens is 1. The second kappa shape index (κ2) is 7.21. The molecule has 1 N–H and O–H groups in total. The first-order valence-corrected chi connectivity index (χ1v) is 7.21. The van der Waals surface area contributed by atoms with Crippen LogP contribution in [0.25, 0.3) is 11.1 Å². The molecule has 0 aliphatic heterocycles. The van der Waals surface area contributed by atoms with Crippen LogP contribution in [0.5, 0.6) is 0 Å². The van der Waals surface area contributed by atoms with Gasteiger partial charge >= 0.3 is 12.1 Å². The molecule has 2 rings (SSSR count). The predicted molar refractivity (Wildman–Crippen MR) is 85.8 cm³/mol. The summed E-state index contributed by atoms with van der Waals surface area (Å²) in [6.45, 7) is 1.63. The SMILES string of the molecule is C/C=C(\C=C/Cn1ccc(-c2cccc(C(=O)O)c2)c1)C(F)(F)F. The van der Waals surface area contributed by atoms with Crippen LogP contribution in [-0.2, 0) is 6.54 Å². The summed E-state index contributed by atoms with van der Waals surface area (Å²) in [5, 5.41) is 9.01. The van der Waals surface area contributed by atoms with E-state index in [1.165, 1.54) is 19.1 Å². The third-order valence-electron chi connectivity index (χ3n) is 3.45. The summed E-state index contributed by atoms with van der Waals surface area (Å²) in [5.41, 5.74) is 1.03. The molecule has 0 saturated carbocycles. The summed E-state index contributed by atoms with van der Waals surface area (Å²) >= 11 is 0. The Kier molecular flexibility index (Phi) is 5.28. The molecule has 1 aromatic heterocycles. The van der Waals surface area contributed by atoms with Gasteiger partial charge in [0.05, 0.1) is 11.1 Å². The van der Waals surface area contributed by atoms with Crippen molar-refractivity contribution in [2.24, 2.45) is 0 Å². The minimum absolute atomic E-state index is 0.183. The zero-order valence-corrected chi connectivity index (χ0v) is 12.9. The second-order valence-electron chi connectivity index (χ2n) is 5.13. The van der Waals surface area contributed by atoms with E-state index in [0.29, 0.717) is 0 Å². The van der Waals surface area contributed by atoms with Gasteiger partial charge in [-0.05, 0) is 36.2 Å². The molecular formula is C18H16F3NO2. The van der Waals surface area contributed by atoms with Crippen LogP contribution >= 0.6 is 0 Å². The number of aromatic carboxylic acids is 1. The van der Waals surface area contributed by atoms with Gasteiger partial charge in [0.15, 0.2) is 0 Å². The molecule has 2 aromatic rings. The maximum Gasteiger partial charge on any atom is 0.416 e. The molecule has 126 valence electrons. The smallest absolute Gasteiger partial charge is 0.416 e. The largest absolute Gasteiger partial charge is 0.478 e. The highest BCUT2D eigenvalue weighted by Crippen LogP contribution is 2.26. The maximum absolute atomic E-state index is 12.6. The molecule has 0 bridgehead atoms. The molecule has 1 aromatic carbocycles. The van der Waals surface area contributed by atoms with E-state index in [9.17, 15) is 18.0 Å². The first kappa shape index (κ1) is 17.6. The number of allylic oxidation sites excluding steroid dienone is 4. The second-order valence-corrected chi connectivity index (χ2v) is 5.13. The fraction of sp³-hybridized carbons (Fsp3) is 0.167. The van der Waals surface area contributed by atoms with E-state index < -0.39 is 17.7 Å². The third kappa shape index (κ3) is 4.38.